The molecule has 5 rings (SSSR count). The van der Waals surface area contributed by atoms with Crippen LogP contribution in [0.25, 0.3) is 22.4 Å². The Hall–Kier alpha value is -4.41. The number of carbonyl (C=O) groups is 2. The Balaban J connectivity index is 1.56. The number of carbonyl (C=O) groups excluding carboxylic acids is 2. The molecule has 1 fully saturated rings. The minimum absolute atomic E-state index is 0.0390. The van der Waals surface area contributed by atoms with E-state index in [1.165, 1.54) is 16.7 Å². The van der Waals surface area contributed by atoms with Crippen molar-refractivity contribution in [3.8, 4) is 34.2 Å². The second-order valence-electron chi connectivity index (χ2n) is 8.66. The summed E-state index contributed by atoms with van der Waals surface area (Å²) in [6.45, 7) is 1.95. The number of pyridine rings is 1. The molecule has 2 amide bonds. The molecule has 2 heterocycles. The summed E-state index contributed by atoms with van der Waals surface area (Å²) < 4.78 is 5.29. The fraction of sp³-hybridized carbons (Fsp3) is 0.133. The van der Waals surface area contributed by atoms with E-state index in [1.54, 1.807) is 19.2 Å². The first-order valence-electron chi connectivity index (χ1n) is 11.7. The third-order valence-corrected chi connectivity index (χ3v) is 7.39. The zero-order valence-corrected chi connectivity index (χ0v) is 21.2. The van der Waals surface area contributed by atoms with E-state index in [1.807, 2.05) is 79.7 Å². The van der Waals surface area contributed by atoms with Gasteiger partial charge in [0.1, 0.15) is 16.8 Å². The number of thioether (sulfide) groups is 1. The molecule has 0 bridgehead atoms. The predicted molar refractivity (Wildman–Crippen MR) is 144 cm³/mol. The van der Waals surface area contributed by atoms with Gasteiger partial charge >= 0.3 is 0 Å². The number of ether oxygens (including phenoxy) is 1. The van der Waals surface area contributed by atoms with Gasteiger partial charge in [-0.05, 0) is 42.8 Å². The Morgan fingerprint density at radius 2 is 1.68 bits per heavy atom. The largest absolute Gasteiger partial charge is 0.497 e. The van der Waals surface area contributed by atoms with Gasteiger partial charge in [0.2, 0.25) is 11.8 Å². The molecule has 1 saturated heterocycles. The Morgan fingerprint density at radius 1 is 0.973 bits per heavy atom. The van der Waals surface area contributed by atoms with Gasteiger partial charge in [-0.3, -0.25) is 9.59 Å². The molecular weight excluding hydrogens is 482 g/mol. The number of hydrogen-bond acceptors (Lipinski definition) is 6. The number of methoxy groups -OCH3 is 1. The van der Waals surface area contributed by atoms with Crippen LogP contribution in [-0.4, -0.2) is 29.2 Å². The van der Waals surface area contributed by atoms with Crippen molar-refractivity contribution >= 4 is 29.3 Å². The maximum atomic E-state index is 13.3. The Morgan fingerprint density at radius 3 is 2.32 bits per heavy atom. The first-order valence-corrected chi connectivity index (χ1v) is 12.6. The number of nitrogens with zero attached hydrogens (tertiary/aromatic N) is 3. The van der Waals surface area contributed by atoms with Crippen molar-refractivity contribution in [3.63, 3.8) is 0 Å². The molecule has 3 aromatic carbocycles. The van der Waals surface area contributed by atoms with Crippen molar-refractivity contribution in [2.24, 2.45) is 0 Å². The minimum Gasteiger partial charge on any atom is -0.497 e. The van der Waals surface area contributed by atoms with Crippen LogP contribution in [0.5, 0.6) is 5.75 Å². The van der Waals surface area contributed by atoms with Gasteiger partial charge in [0, 0.05) is 17.5 Å². The molecule has 0 saturated carbocycles. The lowest BCUT2D eigenvalue weighted by Gasteiger charge is -2.16. The highest BCUT2D eigenvalue weighted by Gasteiger charge is 2.41. The highest BCUT2D eigenvalue weighted by atomic mass is 32.2. The van der Waals surface area contributed by atoms with Crippen LogP contribution in [0.2, 0.25) is 0 Å². The third kappa shape index (κ3) is 4.84. The van der Waals surface area contributed by atoms with E-state index in [9.17, 15) is 14.9 Å². The highest BCUT2D eigenvalue weighted by Crippen LogP contribution is 2.39. The molecule has 0 unspecified atom stereocenters. The number of nitriles is 1. The van der Waals surface area contributed by atoms with Gasteiger partial charge in [0.25, 0.3) is 0 Å². The smallest absolute Gasteiger partial charge is 0.247 e. The fourth-order valence-corrected chi connectivity index (χ4v) is 5.39. The average Bonchev–Trinajstić information content (AvgIpc) is 3.21. The maximum absolute atomic E-state index is 13.3. The summed E-state index contributed by atoms with van der Waals surface area (Å²) >= 11 is 1.17. The number of aromatic nitrogens is 1. The standard InChI is InChI=1S/C30H23N3O3S/c1-19-8-12-22(13-9-19)33-28(34)17-27(30(33)35)37-29-25(18-31)24(20-10-14-23(36-2)15-11-20)16-26(32-29)21-6-4-3-5-7-21/h3-16,27H,17H2,1-2H3/t27-/m0/s1. The number of rotatable bonds is 6. The van der Waals surface area contributed by atoms with Crippen molar-refractivity contribution in [3.05, 3.63) is 96.1 Å². The lowest BCUT2D eigenvalue weighted by Crippen LogP contribution is -2.31. The molecule has 1 aromatic heterocycles. The number of imide groups is 1. The van der Waals surface area contributed by atoms with E-state index in [-0.39, 0.29) is 18.2 Å². The number of anilines is 1. The molecule has 4 aromatic rings. The van der Waals surface area contributed by atoms with Gasteiger partial charge < -0.3 is 4.74 Å². The Kier molecular flexibility index (Phi) is 6.76. The number of amides is 2. The molecular formula is C30H23N3O3S. The Labute approximate surface area is 219 Å². The molecule has 0 aliphatic carbocycles. The fourth-order valence-electron chi connectivity index (χ4n) is 4.27. The van der Waals surface area contributed by atoms with Crippen LogP contribution in [-0.2, 0) is 9.59 Å². The van der Waals surface area contributed by atoms with Crippen molar-refractivity contribution in [1.82, 2.24) is 4.98 Å². The molecule has 182 valence electrons. The van der Waals surface area contributed by atoms with Crippen LogP contribution in [0.15, 0.2) is 90.0 Å². The summed E-state index contributed by atoms with van der Waals surface area (Å²) in [5, 5.41) is 9.93. The van der Waals surface area contributed by atoms with E-state index in [2.05, 4.69) is 6.07 Å². The van der Waals surface area contributed by atoms with Gasteiger partial charge in [0.05, 0.1) is 29.3 Å². The molecule has 6 nitrogen and oxygen atoms in total. The summed E-state index contributed by atoms with van der Waals surface area (Å²) in [5.41, 5.74) is 5.06. The van der Waals surface area contributed by atoms with Gasteiger partial charge in [-0.15, -0.1) is 0 Å². The van der Waals surface area contributed by atoms with Gasteiger partial charge in [-0.1, -0.05) is 71.9 Å². The molecule has 0 radical (unpaired) electrons. The van der Waals surface area contributed by atoms with Gasteiger partial charge in [0.15, 0.2) is 0 Å². The molecule has 7 heteroatoms. The number of benzene rings is 3. The first-order chi connectivity index (χ1) is 18.0. The van der Waals surface area contributed by atoms with Crippen LogP contribution >= 0.6 is 11.8 Å². The first kappa shape index (κ1) is 24.3. The molecule has 1 aliphatic heterocycles. The van der Waals surface area contributed by atoms with E-state index in [0.29, 0.717) is 33.3 Å². The van der Waals surface area contributed by atoms with Crippen molar-refractivity contribution in [1.29, 1.82) is 5.26 Å². The van der Waals surface area contributed by atoms with Crippen LogP contribution < -0.4 is 9.64 Å². The molecule has 0 N–H and O–H groups in total. The zero-order chi connectivity index (χ0) is 25.9. The van der Waals surface area contributed by atoms with Crippen molar-refractivity contribution < 1.29 is 14.3 Å². The highest BCUT2D eigenvalue weighted by molar-refractivity contribution is 8.00. The molecule has 1 aliphatic rings. The summed E-state index contributed by atoms with van der Waals surface area (Å²) in [5.74, 6) is 0.139. The predicted octanol–water partition coefficient (Wildman–Crippen LogP) is 6.03. The van der Waals surface area contributed by atoms with E-state index >= 15 is 0 Å². The average molecular weight is 506 g/mol. The van der Waals surface area contributed by atoms with Crippen LogP contribution in [0.1, 0.15) is 17.5 Å². The van der Waals surface area contributed by atoms with E-state index < -0.39 is 5.25 Å². The van der Waals surface area contributed by atoms with E-state index in [0.717, 1.165) is 16.7 Å². The SMILES string of the molecule is COc1ccc(-c2cc(-c3ccccc3)nc(S[C@H]3CC(=O)N(c4ccc(C)cc4)C3=O)c2C#N)cc1. The van der Waals surface area contributed by atoms with Crippen LogP contribution in [0, 0.1) is 18.3 Å². The maximum Gasteiger partial charge on any atom is 0.247 e. The lowest BCUT2D eigenvalue weighted by atomic mass is 9.99. The van der Waals surface area contributed by atoms with Gasteiger partial charge in [-0.2, -0.15) is 5.26 Å². The topological polar surface area (TPSA) is 83.3 Å². The molecule has 0 spiro atoms. The lowest BCUT2D eigenvalue weighted by molar-refractivity contribution is -0.121. The van der Waals surface area contributed by atoms with Gasteiger partial charge in [-0.25, -0.2) is 9.88 Å². The summed E-state index contributed by atoms with van der Waals surface area (Å²) in [4.78, 5) is 32.2. The minimum atomic E-state index is -0.678. The Bertz CT molecular complexity index is 1510. The second kappa shape index (κ2) is 10.3. The second-order valence-corrected chi connectivity index (χ2v) is 9.85. The summed E-state index contributed by atoms with van der Waals surface area (Å²) in [7, 11) is 1.60. The zero-order valence-electron chi connectivity index (χ0n) is 20.3. The van der Waals surface area contributed by atoms with E-state index in [4.69, 9.17) is 9.72 Å². The van der Waals surface area contributed by atoms with Crippen LogP contribution in [0.3, 0.4) is 0 Å². The number of hydrogen-bond donors (Lipinski definition) is 0. The third-order valence-electron chi connectivity index (χ3n) is 6.22. The van der Waals surface area contributed by atoms with Crippen molar-refractivity contribution in [2.45, 2.75) is 23.6 Å². The summed E-state index contributed by atoms with van der Waals surface area (Å²) in [6, 6.07) is 28.6. The quantitative estimate of drug-likeness (QED) is 0.298. The normalized spacial score (nSPS) is 15.1. The number of aryl methyl sites for hydroxylation is 1. The van der Waals surface area contributed by atoms with Crippen LogP contribution in [0.4, 0.5) is 5.69 Å². The molecule has 1 atom stereocenters. The van der Waals surface area contributed by atoms with Crippen molar-refractivity contribution in [2.75, 3.05) is 12.0 Å². The molecule has 37 heavy (non-hydrogen) atoms. The monoisotopic (exact) mass is 505 g/mol. The summed E-state index contributed by atoms with van der Waals surface area (Å²) in [6.07, 6.45) is 0.0390.